The predicted molar refractivity (Wildman–Crippen MR) is 57.7 cm³/mol. The molecule has 68 valence electrons. The summed E-state index contributed by atoms with van der Waals surface area (Å²) in [5.74, 6) is 6.01. The summed E-state index contributed by atoms with van der Waals surface area (Å²) in [5.41, 5.74) is 4.15. The van der Waals surface area contributed by atoms with E-state index in [0.717, 1.165) is 12.8 Å². The Bertz CT molecular complexity index is 337. The van der Waals surface area contributed by atoms with Gasteiger partial charge in [0, 0.05) is 6.42 Å². The first-order valence-electron chi connectivity index (χ1n) is 4.70. The molecule has 0 N–H and O–H groups in total. The van der Waals surface area contributed by atoms with E-state index in [1.54, 1.807) is 0 Å². The average molecular weight is 172 g/mol. The van der Waals surface area contributed by atoms with Crippen molar-refractivity contribution < 1.29 is 0 Å². The fourth-order valence-electron chi connectivity index (χ4n) is 1.45. The molecule has 0 atom stereocenters. The highest BCUT2D eigenvalue weighted by Gasteiger charge is 1.96. The zero-order valence-electron chi connectivity index (χ0n) is 8.65. The smallest absolute Gasteiger partial charge is 0.0129 e. The highest BCUT2D eigenvalue weighted by atomic mass is 14.0. The molecule has 0 saturated heterocycles. The Morgan fingerprint density at radius 3 is 2.62 bits per heavy atom. The quantitative estimate of drug-likeness (QED) is 0.601. The molecule has 0 saturated carbocycles. The lowest BCUT2D eigenvalue weighted by Crippen LogP contribution is -1.89. The second-order valence-electron chi connectivity index (χ2n) is 3.36. The van der Waals surface area contributed by atoms with Crippen LogP contribution in [0.3, 0.4) is 0 Å². The van der Waals surface area contributed by atoms with Crippen LogP contribution < -0.4 is 0 Å². The van der Waals surface area contributed by atoms with Crippen LogP contribution in [0.5, 0.6) is 0 Å². The maximum Gasteiger partial charge on any atom is 0.0129 e. The van der Waals surface area contributed by atoms with Gasteiger partial charge in [0.25, 0.3) is 0 Å². The Morgan fingerprint density at radius 2 is 2.00 bits per heavy atom. The minimum Gasteiger partial charge on any atom is -0.107 e. The summed E-state index contributed by atoms with van der Waals surface area (Å²) in [6.45, 7) is 6.19. The number of aryl methyl sites for hydroxylation is 3. The number of rotatable bonds is 2. The zero-order chi connectivity index (χ0) is 9.68. The largest absolute Gasteiger partial charge is 0.107 e. The van der Waals surface area contributed by atoms with E-state index >= 15 is 0 Å². The third kappa shape index (κ3) is 2.95. The molecule has 0 aliphatic carbocycles. The Labute approximate surface area is 81.0 Å². The molecule has 0 radical (unpaired) electrons. The van der Waals surface area contributed by atoms with Gasteiger partial charge in [-0.1, -0.05) is 23.8 Å². The second kappa shape index (κ2) is 4.72. The van der Waals surface area contributed by atoms with Crippen molar-refractivity contribution in [3.8, 4) is 11.8 Å². The molecule has 0 amide bonds. The summed E-state index contributed by atoms with van der Waals surface area (Å²) < 4.78 is 0. The van der Waals surface area contributed by atoms with Crippen molar-refractivity contribution in [3.05, 3.63) is 34.9 Å². The molecular formula is C13H16. The van der Waals surface area contributed by atoms with E-state index < -0.39 is 0 Å². The van der Waals surface area contributed by atoms with E-state index in [1.165, 1.54) is 16.7 Å². The topological polar surface area (TPSA) is 0 Å². The van der Waals surface area contributed by atoms with Gasteiger partial charge in [-0.3, -0.25) is 0 Å². The lowest BCUT2D eigenvalue weighted by Gasteiger charge is -2.03. The van der Waals surface area contributed by atoms with Crippen molar-refractivity contribution in [2.24, 2.45) is 0 Å². The molecule has 1 aromatic rings. The Balaban J connectivity index is 2.70. The first-order valence-corrected chi connectivity index (χ1v) is 4.70. The summed E-state index contributed by atoms with van der Waals surface area (Å²) in [6.07, 6.45) is 2.05. The highest BCUT2D eigenvalue weighted by molar-refractivity contribution is 5.30. The summed E-state index contributed by atoms with van der Waals surface area (Å²) in [7, 11) is 0. The highest BCUT2D eigenvalue weighted by Crippen LogP contribution is 2.11. The van der Waals surface area contributed by atoms with Crippen molar-refractivity contribution in [3.63, 3.8) is 0 Å². The molecule has 0 aromatic heterocycles. The van der Waals surface area contributed by atoms with Crippen molar-refractivity contribution in [1.82, 2.24) is 0 Å². The molecule has 0 bridgehead atoms. The van der Waals surface area contributed by atoms with Gasteiger partial charge < -0.3 is 0 Å². The van der Waals surface area contributed by atoms with Crippen LogP contribution in [0.1, 0.15) is 30.0 Å². The number of hydrogen-bond acceptors (Lipinski definition) is 0. The van der Waals surface area contributed by atoms with Crippen LogP contribution in [-0.2, 0) is 6.42 Å². The molecule has 1 rings (SSSR count). The molecule has 0 nitrogen and oxygen atoms in total. The minimum absolute atomic E-state index is 0.973. The third-order valence-electron chi connectivity index (χ3n) is 2.19. The maximum absolute atomic E-state index is 3.09. The van der Waals surface area contributed by atoms with Crippen molar-refractivity contribution in [2.45, 2.75) is 33.6 Å². The Morgan fingerprint density at radius 1 is 1.23 bits per heavy atom. The molecule has 0 aliphatic heterocycles. The summed E-state index contributed by atoms with van der Waals surface area (Å²) in [6, 6.07) is 6.61. The van der Waals surface area contributed by atoms with Gasteiger partial charge in [0.2, 0.25) is 0 Å². The summed E-state index contributed by atoms with van der Waals surface area (Å²) in [5, 5.41) is 0. The fraction of sp³-hybridized carbons (Fsp3) is 0.385. The monoisotopic (exact) mass is 172 g/mol. The van der Waals surface area contributed by atoms with E-state index in [0.29, 0.717) is 0 Å². The number of benzene rings is 1. The van der Waals surface area contributed by atoms with Crippen LogP contribution >= 0.6 is 0 Å². The van der Waals surface area contributed by atoms with E-state index in [1.807, 2.05) is 6.92 Å². The van der Waals surface area contributed by atoms with Crippen LogP contribution in [0.25, 0.3) is 0 Å². The van der Waals surface area contributed by atoms with Crippen LogP contribution in [-0.4, -0.2) is 0 Å². The SMILES string of the molecule is CC#CCCc1ccc(C)cc1C. The van der Waals surface area contributed by atoms with Crippen LogP contribution in [0.4, 0.5) is 0 Å². The van der Waals surface area contributed by atoms with E-state index in [2.05, 4.69) is 43.9 Å². The molecular weight excluding hydrogens is 156 g/mol. The van der Waals surface area contributed by atoms with E-state index in [4.69, 9.17) is 0 Å². The second-order valence-corrected chi connectivity index (χ2v) is 3.36. The lowest BCUT2D eigenvalue weighted by atomic mass is 10.0. The minimum atomic E-state index is 0.973. The standard InChI is InChI=1S/C13H16/c1-4-5-6-7-13-9-8-11(2)10-12(13)3/h8-10H,6-7H2,1-3H3. The van der Waals surface area contributed by atoms with Gasteiger partial charge in [-0.25, -0.2) is 0 Å². The average Bonchev–Trinajstić information content (AvgIpc) is 2.09. The summed E-state index contributed by atoms with van der Waals surface area (Å²) >= 11 is 0. The lowest BCUT2D eigenvalue weighted by molar-refractivity contribution is 1.01. The van der Waals surface area contributed by atoms with Crippen molar-refractivity contribution >= 4 is 0 Å². The van der Waals surface area contributed by atoms with E-state index in [-0.39, 0.29) is 0 Å². The molecule has 13 heavy (non-hydrogen) atoms. The molecule has 0 aliphatic rings. The first-order chi connectivity index (χ1) is 6.24. The molecule has 0 heteroatoms. The van der Waals surface area contributed by atoms with Crippen LogP contribution in [0.2, 0.25) is 0 Å². The normalized spacial score (nSPS) is 9.15. The molecule has 0 spiro atoms. The van der Waals surface area contributed by atoms with Gasteiger partial charge in [-0.05, 0) is 38.3 Å². The molecule has 0 heterocycles. The van der Waals surface area contributed by atoms with Crippen molar-refractivity contribution in [1.29, 1.82) is 0 Å². The first kappa shape index (κ1) is 9.86. The molecule has 0 fully saturated rings. The third-order valence-corrected chi connectivity index (χ3v) is 2.19. The Hall–Kier alpha value is -1.22. The fourth-order valence-corrected chi connectivity index (χ4v) is 1.45. The molecule has 0 unspecified atom stereocenters. The van der Waals surface area contributed by atoms with Gasteiger partial charge in [-0.15, -0.1) is 11.8 Å². The van der Waals surface area contributed by atoms with Crippen molar-refractivity contribution in [2.75, 3.05) is 0 Å². The van der Waals surface area contributed by atoms with Gasteiger partial charge in [-0.2, -0.15) is 0 Å². The Kier molecular flexibility index (Phi) is 3.58. The van der Waals surface area contributed by atoms with Crippen LogP contribution in [0, 0.1) is 25.7 Å². The molecule has 1 aromatic carbocycles. The van der Waals surface area contributed by atoms with Gasteiger partial charge >= 0.3 is 0 Å². The van der Waals surface area contributed by atoms with Gasteiger partial charge in [0.15, 0.2) is 0 Å². The summed E-state index contributed by atoms with van der Waals surface area (Å²) in [4.78, 5) is 0. The maximum atomic E-state index is 3.09. The number of hydrogen-bond donors (Lipinski definition) is 0. The van der Waals surface area contributed by atoms with E-state index in [9.17, 15) is 0 Å². The van der Waals surface area contributed by atoms with Crippen LogP contribution in [0.15, 0.2) is 18.2 Å². The predicted octanol–water partition coefficient (Wildman–Crippen LogP) is 3.26. The van der Waals surface area contributed by atoms with Gasteiger partial charge in [0.1, 0.15) is 0 Å². The zero-order valence-corrected chi connectivity index (χ0v) is 8.65. The van der Waals surface area contributed by atoms with Gasteiger partial charge in [0.05, 0.1) is 0 Å².